The van der Waals surface area contributed by atoms with Crippen molar-refractivity contribution in [2.24, 2.45) is 11.8 Å². The van der Waals surface area contributed by atoms with E-state index in [1.54, 1.807) is 0 Å². The van der Waals surface area contributed by atoms with E-state index in [0.29, 0.717) is 5.92 Å². The first-order valence-corrected chi connectivity index (χ1v) is 4.90. The number of hydrogen-bond donors (Lipinski definition) is 1. The van der Waals surface area contributed by atoms with Crippen molar-refractivity contribution in [2.45, 2.75) is 52.1 Å². The van der Waals surface area contributed by atoms with Crippen molar-refractivity contribution in [1.82, 2.24) is 0 Å². The smallest absolute Gasteiger partial charge is 0.0540 e. The quantitative estimate of drug-likeness (QED) is 0.651. The molecule has 0 spiro atoms. The molecule has 2 atom stereocenters. The van der Waals surface area contributed by atoms with E-state index < -0.39 is 0 Å². The third-order valence-electron chi connectivity index (χ3n) is 3.15. The minimum atomic E-state index is -0.113. The number of aliphatic hydroxyl groups is 1. The Morgan fingerprint density at radius 3 is 2.09 bits per heavy atom. The zero-order valence-corrected chi connectivity index (χ0v) is 7.71. The first-order valence-electron chi connectivity index (χ1n) is 4.90. The van der Waals surface area contributed by atoms with Crippen molar-refractivity contribution in [3.05, 3.63) is 0 Å². The normalized spacial score (nSPS) is 26.5. The Morgan fingerprint density at radius 1 is 1.09 bits per heavy atom. The lowest BCUT2D eigenvalue weighted by atomic mass is 9.79. The number of rotatable bonds is 2. The summed E-state index contributed by atoms with van der Waals surface area (Å²) in [4.78, 5) is 0. The molecular formula is C10H20O. The zero-order valence-electron chi connectivity index (χ0n) is 7.71. The molecule has 1 heteroatoms. The van der Waals surface area contributed by atoms with Crippen molar-refractivity contribution >= 4 is 0 Å². The maximum Gasteiger partial charge on any atom is 0.0540 e. The molecule has 0 amide bonds. The van der Waals surface area contributed by atoms with Crippen LogP contribution in [0, 0.1) is 11.8 Å². The highest BCUT2D eigenvalue weighted by Gasteiger charge is 2.22. The predicted molar refractivity (Wildman–Crippen MR) is 47.4 cm³/mol. The molecule has 0 unspecified atom stereocenters. The highest BCUT2D eigenvalue weighted by molar-refractivity contribution is 4.73. The van der Waals surface area contributed by atoms with Crippen molar-refractivity contribution in [1.29, 1.82) is 0 Å². The lowest BCUT2D eigenvalue weighted by molar-refractivity contribution is 0.0835. The molecule has 0 saturated heterocycles. The topological polar surface area (TPSA) is 20.2 Å². The third-order valence-corrected chi connectivity index (χ3v) is 3.15. The standard InChI is InChI=1S/C10H20O/c1-8(9(2)11)10-6-4-3-5-7-10/h8-11H,3-7H2,1-2H3/t8-,9-/m0/s1. The van der Waals surface area contributed by atoms with E-state index in [-0.39, 0.29) is 6.10 Å². The summed E-state index contributed by atoms with van der Waals surface area (Å²) >= 11 is 0. The minimum Gasteiger partial charge on any atom is -0.393 e. The van der Waals surface area contributed by atoms with E-state index in [1.807, 2.05) is 6.92 Å². The summed E-state index contributed by atoms with van der Waals surface area (Å²) in [5.41, 5.74) is 0. The number of hydrogen-bond acceptors (Lipinski definition) is 1. The van der Waals surface area contributed by atoms with Gasteiger partial charge in [0.15, 0.2) is 0 Å². The van der Waals surface area contributed by atoms with Gasteiger partial charge in [-0.15, -0.1) is 0 Å². The molecule has 1 fully saturated rings. The summed E-state index contributed by atoms with van der Waals surface area (Å²) in [6.07, 6.45) is 6.73. The average Bonchev–Trinajstić information content (AvgIpc) is 2.05. The first kappa shape index (κ1) is 9.05. The van der Waals surface area contributed by atoms with Gasteiger partial charge >= 0.3 is 0 Å². The molecule has 1 aliphatic carbocycles. The van der Waals surface area contributed by atoms with Crippen LogP contribution in [-0.4, -0.2) is 11.2 Å². The average molecular weight is 156 g/mol. The molecule has 0 aromatic carbocycles. The van der Waals surface area contributed by atoms with Crippen LogP contribution >= 0.6 is 0 Å². The van der Waals surface area contributed by atoms with Crippen LogP contribution in [0.25, 0.3) is 0 Å². The SMILES string of the molecule is C[C@H](O)[C@H](C)C1CCCCC1. The van der Waals surface area contributed by atoms with Gasteiger partial charge in [0.05, 0.1) is 6.10 Å². The largest absolute Gasteiger partial charge is 0.393 e. The molecular weight excluding hydrogens is 136 g/mol. The lowest BCUT2D eigenvalue weighted by Crippen LogP contribution is -2.24. The van der Waals surface area contributed by atoms with Crippen LogP contribution in [0.1, 0.15) is 46.0 Å². The molecule has 0 aliphatic heterocycles. The van der Waals surface area contributed by atoms with Gasteiger partial charge in [0.25, 0.3) is 0 Å². The monoisotopic (exact) mass is 156 g/mol. The van der Waals surface area contributed by atoms with Crippen molar-refractivity contribution in [3.8, 4) is 0 Å². The van der Waals surface area contributed by atoms with Crippen LogP contribution in [0.15, 0.2) is 0 Å². The second-order valence-corrected chi connectivity index (χ2v) is 4.00. The fourth-order valence-electron chi connectivity index (χ4n) is 2.05. The van der Waals surface area contributed by atoms with E-state index >= 15 is 0 Å². The lowest BCUT2D eigenvalue weighted by Gasteiger charge is -2.29. The van der Waals surface area contributed by atoms with Crippen molar-refractivity contribution in [3.63, 3.8) is 0 Å². The van der Waals surface area contributed by atoms with Crippen LogP contribution < -0.4 is 0 Å². The Hall–Kier alpha value is -0.0400. The van der Waals surface area contributed by atoms with Crippen molar-refractivity contribution in [2.75, 3.05) is 0 Å². The molecule has 1 rings (SSSR count). The van der Waals surface area contributed by atoms with E-state index in [0.717, 1.165) is 5.92 Å². The molecule has 1 N–H and O–H groups in total. The summed E-state index contributed by atoms with van der Waals surface area (Å²) < 4.78 is 0. The Labute approximate surface area is 69.8 Å². The summed E-state index contributed by atoms with van der Waals surface area (Å²) in [7, 11) is 0. The van der Waals surface area contributed by atoms with Crippen LogP contribution in [0.2, 0.25) is 0 Å². The second-order valence-electron chi connectivity index (χ2n) is 4.00. The van der Waals surface area contributed by atoms with Crippen LogP contribution in [0.4, 0.5) is 0 Å². The van der Waals surface area contributed by atoms with Gasteiger partial charge in [0, 0.05) is 0 Å². The van der Waals surface area contributed by atoms with E-state index in [4.69, 9.17) is 0 Å². The predicted octanol–water partition coefficient (Wildman–Crippen LogP) is 2.58. The Kier molecular flexibility index (Phi) is 3.38. The van der Waals surface area contributed by atoms with Crippen LogP contribution in [-0.2, 0) is 0 Å². The Bertz CT molecular complexity index is 103. The van der Waals surface area contributed by atoms with E-state index in [2.05, 4.69) is 6.92 Å². The molecule has 0 heterocycles. The highest BCUT2D eigenvalue weighted by Crippen LogP contribution is 2.31. The van der Waals surface area contributed by atoms with Gasteiger partial charge < -0.3 is 5.11 Å². The van der Waals surface area contributed by atoms with Gasteiger partial charge in [0.2, 0.25) is 0 Å². The summed E-state index contributed by atoms with van der Waals surface area (Å²) in [6.45, 7) is 4.10. The van der Waals surface area contributed by atoms with Crippen molar-refractivity contribution < 1.29 is 5.11 Å². The van der Waals surface area contributed by atoms with Gasteiger partial charge in [0.1, 0.15) is 0 Å². The van der Waals surface area contributed by atoms with Crippen LogP contribution in [0.5, 0.6) is 0 Å². The number of aliphatic hydroxyl groups excluding tert-OH is 1. The molecule has 1 nitrogen and oxygen atoms in total. The molecule has 0 bridgehead atoms. The third kappa shape index (κ3) is 2.48. The highest BCUT2D eigenvalue weighted by atomic mass is 16.3. The minimum absolute atomic E-state index is 0.113. The van der Waals surface area contributed by atoms with Gasteiger partial charge in [-0.1, -0.05) is 39.0 Å². The molecule has 0 aromatic rings. The van der Waals surface area contributed by atoms with E-state index in [1.165, 1.54) is 32.1 Å². The van der Waals surface area contributed by atoms with Crippen LogP contribution in [0.3, 0.4) is 0 Å². The Balaban J connectivity index is 2.32. The first-order chi connectivity index (χ1) is 5.22. The van der Waals surface area contributed by atoms with Gasteiger partial charge in [-0.3, -0.25) is 0 Å². The zero-order chi connectivity index (χ0) is 8.27. The van der Waals surface area contributed by atoms with Gasteiger partial charge in [-0.25, -0.2) is 0 Å². The molecule has 1 aliphatic rings. The fourth-order valence-corrected chi connectivity index (χ4v) is 2.05. The maximum atomic E-state index is 9.37. The van der Waals surface area contributed by atoms with Gasteiger partial charge in [-0.05, 0) is 18.8 Å². The Morgan fingerprint density at radius 2 is 1.64 bits per heavy atom. The second kappa shape index (κ2) is 4.10. The molecule has 11 heavy (non-hydrogen) atoms. The molecule has 66 valence electrons. The summed E-state index contributed by atoms with van der Waals surface area (Å²) in [5.74, 6) is 1.30. The summed E-state index contributed by atoms with van der Waals surface area (Å²) in [5, 5.41) is 9.37. The molecule has 0 radical (unpaired) electrons. The molecule has 0 aromatic heterocycles. The maximum absolute atomic E-state index is 9.37. The van der Waals surface area contributed by atoms with E-state index in [9.17, 15) is 5.11 Å². The van der Waals surface area contributed by atoms with Gasteiger partial charge in [-0.2, -0.15) is 0 Å². The molecule has 1 saturated carbocycles. The summed E-state index contributed by atoms with van der Waals surface area (Å²) in [6, 6.07) is 0. The fraction of sp³-hybridized carbons (Fsp3) is 1.00.